The van der Waals surface area contributed by atoms with E-state index < -0.39 is 11.6 Å². The number of benzene rings is 3. The molecule has 2 aliphatic heterocycles. The average molecular weight is 478 g/mol. The molecule has 0 bridgehead atoms. The second kappa shape index (κ2) is 9.25. The monoisotopic (exact) mass is 478 g/mol. The van der Waals surface area contributed by atoms with E-state index in [1.165, 1.54) is 6.07 Å². The first-order valence-corrected chi connectivity index (χ1v) is 11.2. The second-order valence-corrected chi connectivity index (χ2v) is 8.41. The number of nitrogens with one attached hydrogen (secondary N) is 1. The number of para-hydroxylation sites is 2. The van der Waals surface area contributed by atoms with Gasteiger partial charge in [-0.15, -0.1) is 0 Å². The average Bonchev–Trinajstić information content (AvgIpc) is 3.02. The molecule has 9 heteroatoms. The first-order chi connectivity index (χ1) is 16.9. The Morgan fingerprint density at radius 3 is 2.66 bits per heavy atom. The third kappa shape index (κ3) is 4.49. The van der Waals surface area contributed by atoms with E-state index in [2.05, 4.69) is 10.2 Å². The molecule has 0 spiro atoms. The van der Waals surface area contributed by atoms with Crippen molar-refractivity contribution in [3.05, 3.63) is 77.9 Å². The Morgan fingerprint density at radius 2 is 1.89 bits per heavy atom. The zero-order chi connectivity index (χ0) is 24.5. The fourth-order valence-electron chi connectivity index (χ4n) is 4.29. The standard InChI is InChI=1S/C26H24F2N4O3/c1-16-15-31(11-12-32(16)26(33)29-17-7-9-20(27)21(28)13-17)25-19-14-18(34-2)8-10-23(19)35-24-6-4-3-5-22(24)30-25/h3-10,13-14,16H,11-12,15H2,1-2H3,(H,29,33). The smallest absolute Gasteiger partial charge is 0.322 e. The van der Waals surface area contributed by atoms with Crippen molar-refractivity contribution in [2.75, 3.05) is 32.1 Å². The number of nitrogens with zero attached hydrogens (tertiary/aromatic N) is 3. The minimum absolute atomic E-state index is 0.176. The molecule has 0 saturated carbocycles. The van der Waals surface area contributed by atoms with Crippen LogP contribution in [0.2, 0.25) is 0 Å². The van der Waals surface area contributed by atoms with E-state index in [4.69, 9.17) is 14.5 Å². The summed E-state index contributed by atoms with van der Waals surface area (Å²) in [4.78, 5) is 21.6. The number of methoxy groups -OCH3 is 1. The molecule has 0 radical (unpaired) electrons. The van der Waals surface area contributed by atoms with Gasteiger partial charge in [0.15, 0.2) is 17.4 Å². The predicted octanol–water partition coefficient (Wildman–Crippen LogP) is 5.40. The zero-order valence-corrected chi connectivity index (χ0v) is 19.3. The van der Waals surface area contributed by atoms with Gasteiger partial charge in [0.25, 0.3) is 0 Å². The van der Waals surface area contributed by atoms with Crippen LogP contribution < -0.4 is 14.8 Å². The van der Waals surface area contributed by atoms with Crippen molar-refractivity contribution in [1.29, 1.82) is 0 Å². The number of aliphatic imine (C=N–C) groups is 1. The Kier molecular flexibility index (Phi) is 5.98. The number of amidine groups is 1. The van der Waals surface area contributed by atoms with Crippen LogP contribution in [0.4, 0.5) is 25.0 Å². The fourth-order valence-corrected chi connectivity index (χ4v) is 4.29. The first kappa shape index (κ1) is 22.6. The summed E-state index contributed by atoms with van der Waals surface area (Å²) in [5, 5.41) is 2.65. The summed E-state index contributed by atoms with van der Waals surface area (Å²) in [7, 11) is 1.61. The molecule has 2 aliphatic rings. The quantitative estimate of drug-likeness (QED) is 0.536. The number of amides is 2. The van der Waals surface area contributed by atoms with Crippen molar-refractivity contribution in [3.63, 3.8) is 0 Å². The van der Waals surface area contributed by atoms with Crippen LogP contribution in [0.1, 0.15) is 12.5 Å². The topological polar surface area (TPSA) is 66.4 Å². The molecule has 2 amide bonds. The molecular weight excluding hydrogens is 454 g/mol. The molecule has 35 heavy (non-hydrogen) atoms. The van der Waals surface area contributed by atoms with Crippen molar-refractivity contribution in [1.82, 2.24) is 9.80 Å². The maximum Gasteiger partial charge on any atom is 0.322 e. The number of anilines is 1. The molecule has 5 rings (SSSR count). The van der Waals surface area contributed by atoms with E-state index in [1.54, 1.807) is 12.0 Å². The number of halogens is 2. The highest BCUT2D eigenvalue weighted by Gasteiger charge is 2.32. The molecule has 1 N–H and O–H groups in total. The van der Waals surface area contributed by atoms with Crippen LogP contribution in [0.5, 0.6) is 17.2 Å². The summed E-state index contributed by atoms with van der Waals surface area (Å²) in [6.07, 6.45) is 0. The lowest BCUT2D eigenvalue weighted by Crippen LogP contribution is -2.56. The number of carbonyl (C=O) groups is 1. The number of piperazine rings is 1. The fraction of sp³-hybridized carbons (Fsp3) is 0.231. The van der Waals surface area contributed by atoms with Gasteiger partial charge >= 0.3 is 6.03 Å². The zero-order valence-electron chi connectivity index (χ0n) is 19.3. The molecule has 1 saturated heterocycles. The van der Waals surface area contributed by atoms with Crippen LogP contribution in [0.25, 0.3) is 0 Å². The number of ether oxygens (including phenoxy) is 2. The van der Waals surface area contributed by atoms with Crippen molar-refractivity contribution < 1.29 is 23.0 Å². The molecule has 3 aromatic rings. The van der Waals surface area contributed by atoms with Crippen LogP contribution in [-0.2, 0) is 0 Å². The molecular formula is C26H24F2N4O3. The number of hydrogen-bond donors (Lipinski definition) is 1. The van der Waals surface area contributed by atoms with E-state index in [1.807, 2.05) is 49.4 Å². The van der Waals surface area contributed by atoms with Gasteiger partial charge in [0, 0.05) is 37.4 Å². The largest absolute Gasteiger partial charge is 0.497 e. The second-order valence-electron chi connectivity index (χ2n) is 8.41. The highest BCUT2D eigenvalue weighted by Crippen LogP contribution is 2.39. The summed E-state index contributed by atoms with van der Waals surface area (Å²) in [5.74, 6) is 0.771. The van der Waals surface area contributed by atoms with Crippen LogP contribution in [0.3, 0.4) is 0 Å². The molecule has 0 aromatic heterocycles. The highest BCUT2D eigenvalue weighted by molar-refractivity contribution is 6.04. The van der Waals surface area contributed by atoms with Crippen molar-refractivity contribution in [2.24, 2.45) is 4.99 Å². The van der Waals surface area contributed by atoms with Crippen LogP contribution in [-0.4, -0.2) is 54.5 Å². The van der Waals surface area contributed by atoms with E-state index in [0.717, 1.165) is 23.5 Å². The van der Waals surface area contributed by atoms with Gasteiger partial charge < -0.3 is 24.6 Å². The number of carbonyl (C=O) groups excluding carboxylic acids is 1. The lowest BCUT2D eigenvalue weighted by molar-refractivity contribution is 0.145. The third-order valence-electron chi connectivity index (χ3n) is 6.10. The van der Waals surface area contributed by atoms with Crippen LogP contribution in [0.15, 0.2) is 65.7 Å². The van der Waals surface area contributed by atoms with Gasteiger partial charge in [0.1, 0.15) is 23.0 Å². The summed E-state index contributed by atoms with van der Waals surface area (Å²) in [6.45, 7) is 3.39. The summed E-state index contributed by atoms with van der Waals surface area (Å²) >= 11 is 0. The molecule has 1 unspecified atom stereocenters. The SMILES string of the molecule is COc1ccc2c(c1)C(N1CCN(C(=O)Nc3ccc(F)c(F)c3)C(C)C1)=Nc1ccccc1O2. The molecule has 180 valence electrons. The van der Waals surface area contributed by atoms with Gasteiger partial charge in [0.05, 0.1) is 12.7 Å². The molecule has 1 atom stereocenters. The molecule has 3 aromatic carbocycles. The third-order valence-corrected chi connectivity index (χ3v) is 6.10. The predicted molar refractivity (Wildman–Crippen MR) is 129 cm³/mol. The summed E-state index contributed by atoms with van der Waals surface area (Å²) in [5.41, 5.74) is 1.71. The summed E-state index contributed by atoms with van der Waals surface area (Å²) in [6, 6.07) is 15.9. The number of rotatable bonds is 2. The Labute approximate surface area is 201 Å². The first-order valence-electron chi connectivity index (χ1n) is 11.2. The normalized spacial score (nSPS) is 16.9. The number of hydrogen-bond acceptors (Lipinski definition) is 5. The Bertz CT molecular complexity index is 1310. The Hall–Kier alpha value is -4.14. The Morgan fingerprint density at radius 1 is 1.06 bits per heavy atom. The van der Waals surface area contributed by atoms with Gasteiger partial charge in [-0.1, -0.05) is 12.1 Å². The molecule has 7 nitrogen and oxygen atoms in total. The number of fused-ring (bicyclic) bond motifs is 2. The van der Waals surface area contributed by atoms with Crippen molar-refractivity contribution >= 4 is 23.2 Å². The lowest BCUT2D eigenvalue weighted by Gasteiger charge is -2.41. The van der Waals surface area contributed by atoms with Gasteiger partial charge in [-0.05, 0) is 49.4 Å². The van der Waals surface area contributed by atoms with Gasteiger partial charge in [-0.25, -0.2) is 18.6 Å². The van der Waals surface area contributed by atoms with Crippen LogP contribution >= 0.6 is 0 Å². The highest BCUT2D eigenvalue weighted by atomic mass is 19.2. The number of urea groups is 1. The van der Waals surface area contributed by atoms with Gasteiger partial charge in [-0.3, -0.25) is 0 Å². The minimum atomic E-state index is -1.01. The molecule has 0 aliphatic carbocycles. The molecule has 2 heterocycles. The van der Waals surface area contributed by atoms with Crippen molar-refractivity contribution in [3.8, 4) is 17.2 Å². The Balaban J connectivity index is 1.39. The minimum Gasteiger partial charge on any atom is -0.497 e. The van der Waals surface area contributed by atoms with Crippen molar-refractivity contribution in [2.45, 2.75) is 13.0 Å². The van der Waals surface area contributed by atoms with Gasteiger partial charge in [-0.2, -0.15) is 0 Å². The van der Waals surface area contributed by atoms with E-state index in [9.17, 15) is 13.6 Å². The van der Waals surface area contributed by atoms with E-state index in [-0.39, 0.29) is 17.8 Å². The maximum absolute atomic E-state index is 13.5. The lowest BCUT2D eigenvalue weighted by atomic mass is 10.1. The maximum atomic E-state index is 13.5. The van der Waals surface area contributed by atoms with Gasteiger partial charge in [0.2, 0.25) is 0 Å². The molecule has 1 fully saturated rings. The summed E-state index contributed by atoms with van der Waals surface area (Å²) < 4.78 is 38.4. The van der Waals surface area contributed by atoms with E-state index >= 15 is 0 Å². The van der Waals surface area contributed by atoms with Crippen LogP contribution in [0, 0.1) is 11.6 Å². The van der Waals surface area contributed by atoms with E-state index in [0.29, 0.717) is 42.6 Å².